The highest BCUT2D eigenvalue weighted by atomic mass is 79.9. The monoisotopic (exact) mass is 474 g/mol. The highest BCUT2D eigenvalue weighted by molar-refractivity contribution is 9.10. The van der Waals surface area contributed by atoms with Crippen molar-refractivity contribution in [2.45, 2.75) is 17.9 Å². The number of sulfonamides is 1. The van der Waals surface area contributed by atoms with E-state index in [1.54, 1.807) is 0 Å². The van der Waals surface area contributed by atoms with Crippen molar-refractivity contribution in [3.8, 4) is 11.5 Å². The van der Waals surface area contributed by atoms with Crippen LogP contribution in [-0.4, -0.2) is 45.9 Å². The zero-order valence-corrected chi connectivity index (χ0v) is 18.1. The molecule has 0 radical (unpaired) electrons. The van der Waals surface area contributed by atoms with E-state index in [1.165, 1.54) is 64.5 Å². The molecule has 0 saturated heterocycles. The molecule has 2 rings (SSSR count). The van der Waals surface area contributed by atoms with Crippen LogP contribution < -0.4 is 14.8 Å². The molecular weight excluding hydrogens is 455 g/mol. The van der Waals surface area contributed by atoms with E-state index in [1.807, 2.05) is 0 Å². The third kappa shape index (κ3) is 5.00. The van der Waals surface area contributed by atoms with Gasteiger partial charge in [0.2, 0.25) is 10.0 Å². The van der Waals surface area contributed by atoms with Crippen LogP contribution in [0.5, 0.6) is 11.5 Å². The van der Waals surface area contributed by atoms with E-state index in [9.17, 15) is 17.6 Å². The number of ether oxygens (including phenoxy) is 2. The molecule has 1 amide bonds. The van der Waals surface area contributed by atoms with E-state index in [0.29, 0.717) is 10.2 Å². The molecule has 0 aliphatic rings. The molecule has 2 aromatic rings. The van der Waals surface area contributed by atoms with Gasteiger partial charge in [0, 0.05) is 19.8 Å². The molecule has 1 atom stereocenters. The molecule has 0 aliphatic heterocycles. The van der Waals surface area contributed by atoms with Crippen molar-refractivity contribution < 1.29 is 27.1 Å². The first-order valence-electron chi connectivity index (χ1n) is 8.09. The molecule has 1 unspecified atom stereocenters. The summed E-state index contributed by atoms with van der Waals surface area (Å²) in [5.74, 6) is -0.486. The number of carbonyl (C=O) groups is 1. The molecule has 0 aliphatic carbocycles. The van der Waals surface area contributed by atoms with E-state index >= 15 is 0 Å². The van der Waals surface area contributed by atoms with Crippen LogP contribution in [0.25, 0.3) is 0 Å². The number of carbonyl (C=O) groups excluding carboxylic acids is 1. The minimum absolute atomic E-state index is 0.0762. The summed E-state index contributed by atoms with van der Waals surface area (Å²) in [6, 6.07) is 8.12. The fourth-order valence-corrected chi connectivity index (χ4v) is 3.73. The van der Waals surface area contributed by atoms with Gasteiger partial charge in [-0.05, 0) is 59.3 Å². The zero-order chi connectivity index (χ0) is 21.1. The number of nitrogens with zero attached hydrogens (tertiary/aromatic N) is 1. The Morgan fingerprint density at radius 1 is 1.18 bits per heavy atom. The minimum Gasteiger partial charge on any atom is -0.495 e. The van der Waals surface area contributed by atoms with Crippen LogP contribution in [0.4, 0.5) is 10.1 Å². The Kier molecular flexibility index (Phi) is 7.02. The van der Waals surface area contributed by atoms with Gasteiger partial charge in [0.05, 0.1) is 11.6 Å². The fraction of sp³-hybridized carbons (Fsp3) is 0.278. The number of methoxy groups -OCH3 is 1. The predicted molar refractivity (Wildman–Crippen MR) is 107 cm³/mol. The molecule has 0 aromatic heterocycles. The fourth-order valence-electron chi connectivity index (χ4n) is 2.21. The Hall–Kier alpha value is -2.17. The third-order valence-corrected chi connectivity index (χ3v) is 6.21. The van der Waals surface area contributed by atoms with E-state index in [4.69, 9.17) is 9.47 Å². The number of amides is 1. The summed E-state index contributed by atoms with van der Waals surface area (Å²) >= 11 is 3.17. The van der Waals surface area contributed by atoms with Gasteiger partial charge < -0.3 is 14.8 Å². The predicted octanol–water partition coefficient (Wildman–Crippen LogP) is 3.25. The van der Waals surface area contributed by atoms with E-state index in [2.05, 4.69) is 21.2 Å². The molecule has 28 heavy (non-hydrogen) atoms. The van der Waals surface area contributed by atoms with Crippen molar-refractivity contribution in [1.82, 2.24) is 4.31 Å². The van der Waals surface area contributed by atoms with Crippen molar-refractivity contribution in [1.29, 1.82) is 0 Å². The number of halogens is 2. The molecule has 152 valence electrons. The largest absolute Gasteiger partial charge is 0.495 e. The lowest BCUT2D eigenvalue weighted by molar-refractivity contribution is -0.122. The molecule has 2 aromatic carbocycles. The van der Waals surface area contributed by atoms with Crippen LogP contribution in [0.15, 0.2) is 45.8 Å². The van der Waals surface area contributed by atoms with Gasteiger partial charge in [-0.25, -0.2) is 17.1 Å². The lowest BCUT2D eigenvalue weighted by atomic mass is 10.2. The minimum atomic E-state index is -3.77. The first-order valence-corrected chi connectivity index (χ1v) is 10.3. The van der Waals surface area contributed by atoms with Crippen LogP contribution in [0.2, 0.25) is 0 Å². The molecule has 1 N–H and O–H groups in total. The number of anilines is 1. The second-order valence-electron chi connectivity index (χ2n) is 5.98. The number of hydrogen-bond acceptors (Lipinski definition) is 5. The Bertz CT molecular complexity index is 982. The van der Waals surface area contributed by atoms with Gasteiger partial charge in [0.1, 0.15) is 22.2 Å². The van der Waals surface area contributed by atoms with Gasteiger partial charge in [-0.3, -0.25) is 4.79 Å². The zero-order valence-electron chi connectivity index (χ0n) is 15.7. The van der Waals surface area contributed by atoms with Gasteiger partial charge in [-0.1, -0.05) is 0 Å². The summed E-state index contributed by atoms with van der Waals surface area (Å²) in [5, 5.41) is 2.60. The lowest BCUT2D eigenvalue weighted by Gasteiger charge is -2.18. The summed E-state index contributed by atoms with van der Waals surface area (Å²) in [5.41, 5.74) is 0.264. The van der Waals surface area contributed by atoms with Crippen molar-refractivity contribution in [3.63, 3.8) is 0 Å². The molecule has 7 nitrogen and oxygen atoms in total. The second kappa shape index (κ2) is 8.89. The summed E-state index contributed by atoms with van der Waals surface area (Å²) in [6.07, 6.45) is -0.919. The first-order chi connectivity index (χ1) is 13.1. The summed E-state index contributed by atoms with van der Waals surface area (Å²) in [7, 11) is 0.386. The van der Waals surface area contributed by atoms with Crippen molar-refractivity contribution >= 4 is 37.5 Å². The number of nitrogens with one attached hydrogen (secondary N) is 1. The number of benzene rings is 2. The Morgan fingerprint density at radius 3 is 2.39 bits per heavy atom. The van der Waals surface area contributed by atoms with Gasteiger partial charge >= 0.3 is 0 Å². The van der Waals surface area contributed by atoms with Crippen molar-refractivity contribution in [2.75, 3.05) is 26.5 Å². The molecule has 0 bridgehead atoms. The topological polar surface area (TPSA) is 84.9 Å². The number of rotatable bonds is 7. The van der Waals surface area contributed by atoms with Gasteiger partial charge in [-0.15, -0.1) is 0 Å². The van der Waals surface area contributed by atoms with E-state index in [0.717, 1.165) is 4.31 Å². The summed E-state index contributed by atoms with van der Waals surface area (Å²) in [6.45, 7) is 1.52. The second-order valence-corrected chi connectivity index (χ2v) is 8.95. The Labute approximate surface area is 171 Å². The van der Waals surface area contributed by atoms with Gasteiger partial charge in [0.15, 0.2) is 6.10 Å². The smallest absolute Gasteiger partial charge is 0.265 e. The maximum atomic E-state index is 13.2. The average molecular weight is 475 g/mol. The average Bonchev–Trinajstić information content (AvgIpc) is 2.63. The molecule has 10 heteroatoms. The van der Waals surface area contributed by atoms with Crippen LogP contribution in [0.3, 0.4) is 0 Å². The third-order valence-electron chi connectivity index (χ3n) is 3.76. The lowest BCUT2D eigenvalue weighted by Crippen LogP contribution is -2.30. The highest BCUT2D eigenvalue weighted by Crippen LogP contribution is 2.29. The van der Waals surface area contributed by atoms with Crippen LogP contribution in [0.1, 0.15) is 6.92 Å². The maximum Gasteiger partial charge on any atom is 0.265 e. The SMILES string of the molecule is COc1ccc(NC(=O)C(C)Oc2ccc(F)cc2Br)cc1S(=O)(=O)N(C)C. The van der Waals surface area contributed by atoms with Crippen molar-refractivity contribution in [2.24, 2.45) is 0 Å². The van der Waals surface area contributed by atoms with E-state index in [-0.39, 0.29) is 16.3 Å². The van der Waals surface area contributed by atoms with Crippen molar-refractivity contribution in [3.05, 3.63) is 46.7 Å². The van der Waals surface area contributed by atoms with Gasteiger partial charge in [0.25, 0.3) is 5.91 Å². The van der Waals surface area contributed by atoms with Crippen LogP contribution >= 0.6 is 15.9 Å². The molecule has 0 fully saturated rings. The highest BCUT2D eigenvalue weighted by Gasteiger charge is 2.24. The standard InChI is InChI=1S/C18H20BrFN2O5S/c1-11(27-15-7-5-12(20)9-14(15)19)18(23)21-13-6-8-16(26-4)17(10-13)28(24,25)22(2)3/h5-11H,1-4H3,(H,21,23). The quantitative estimate of drug-likeness (QED) is 0.665. The van der Waals surface area contributed by atoms with Crippen LogP contribution in [0, 0.1) is 5.82 Å². The molecular formula is C18H20BrFN2O5S. The molecule has 0 heterocycles. The van der Waals surface area contributed by atoms with Crippen LogP contribution in [-0.2, 0) is 14.8 Å². The number of hydrogen-bond donors (Lipinski definition) is 1. The first kappa shape index (κ1) is 22.1. The Balaban J connectivity index is 2.21. The normalized spacial score (nSPS) is 12.5. The molecule has 0 spiro atoms. The van der Waals surface area contributed by atoms with E-state index < -0.39 is 27.9 Å². The Morgan fingerprint density at radius 2 is 1.82 bits per heavy atom. The summed E-state index contributed by atoms with van der Waals surface area (Å²) < 4.78 is 50.2. The summed E-state index contributed by atoms with van der Waals surface area (Å²) in [4.78, 5) is 12.4. The molecule has 0 saturated carbocycles. The maximum absolute atomic E-state index is 13.2. The van der Waals surface area contributed by atoms with Gasteiger partial charge in [-0.2, -0.15) is 0 Å².